The number of hydrogen-bond donors (Lipinski definition) is 1. The number of halogens is 1. The molecular weight excluding hydrogens is 263 g/mol. The number of anilines is 1. The third-order valence-electron chi connectivity index (χ3n) is 3.42. The molecule has 0 radical (unpaired) electrons. The third-order valence-corrected chi connectivity index (χ3v) is 3.42. The van der Waals surface area contributed by atoms with Crippen molar-refractivity contribution >= 4 is 5.95 Å². The van der Waals surface area contributed by atoms with E-state index >= 15 is 0 Å². The van der Waals surface area contributed by atoms with Gasteiger partial charge in [0.1, 0.15) is 12.2 Å². The average Bonchev–Trinajstić information content (AvgIpc) is 3.02. The smallest absolute Gasteiger partial charge is 0.255 e. The zero-order valence-corrected chi connectivity index (χ0v) is 11.1. The van der Waals surface area contributed by atoms with Crippen LogP contribution in [0.4, 0.5) is 10.3 Å². The van der Waals surface area contributed by atoms with Crippen molar-refractivity contribution in [1.29, 1.82) is 0 Å². The fraction of sp³-hybridized carbons (Fsp3) is 0.500. The van der Waals surface area contributed by atoms with Gasteiger partial charge in [0, 0.05) is 19.0 Å². The summed E-state index contributed by atoms with van der Waals surface area (Å²) in [4.78, 5) is 14.4. The first kappa shape index (κ1) is 12.8. The summed E-state index contributed by atoms with van der Waals surface area (Å²) >= 11 is 0. The summed E-state index contributed by atoms with van der Waals surface area (Å²) in [6.45, 7) is 1.56. The molecular formula is C12H15FN6O. The van der Waals surface area contributed by atoms with Crippen LogP contribution < -0.4 is 9.64 Å². The van der Waals surface area contributed by atoms with Crippen LogP contribution in [0.3, 0.4) is 0 Å². The molecule has 2 aromatic heterocycles. The third kappa shape index (κ3) is 2.40. The molecule has 0 spiro atoms. The molecule has 0 saturated carbocycles. The molecule has 1 atom stereocenters. The highest BCUT2D eigenvalue weighted by Crippen LogP contribution is 2.27. The van der Waals surface area contributed by atoms with Crippen molar-refractivity contribution in [3.63, 3.8) is 0 Å². The number of piperidine rings is 1. The van der Waals surface area contributed by atoms with Gasteiger partial charge < -0.3 is 9.64 Å². The van der Waals surface area contributed by atoms with Crippen molar-refractivity contribution in [2.45, 2.75) is 18.8 Å². The summed E-state index contributed by atoms with van der Waals surface area (Å²) in [5, 5.41) is 6.78. The zero-order chi connectivity index (χ0) is 13.9. The van der Waals surface area contributed by atoms with Crippen molar-refractivity contribution < 1.29 is 9.13 Å². The van der Waals surface area contributed by atoms with Gasteiger partial charge in [-0.15, -0.1) is 0 Å². The molecule has 1 saturated heterocycles. The Bertz CT molecular complexity index is 575. The molecule has 0 aliphatic carbocycles. The number of nitrogens with zero attached hydrogens (tertiary/aromatic N) is 5. The van der Waals surface area contributed by atoms with Gasteiger partial charge in [-0.2, -0.15) is 14.5 Å². The largest absolute Gasteiger partial charge is 0.479 e. The van der Waals surface area contributed by atoms with Gasteiger partial charge in [0.25, 0.3) is 5.88 Å². The lowest BCUT2D eigenvalue weighted by Gasteiger charge is -2.31. The van der Waals surface area contributed by atoms with Gasteiger partial charge in [-0.05, 0) is 12.8 Å². The fourth-order valence-corrected chi connectivity index (χ4v) is 2.43. The highest BCUT2D eigenvalue weighted by Gasteiger charge is 2.25. The van der Waals surface area contributed by atoms with E-state index in [4.69, 9.17) is 4.74 Å². The van der Waals surface area contributed by atoms with Crippen LogP contribution in [0.1, 0.15) is 24.6 Å². The second-order valence-electron chi connectivity index (χ2n) is 4.68. The van der Waals surface area contributed by atoms with E-state index in [1.54, 1.807) is 0 Å². The van der Waals surface area contributed by atoms with Crippen molar-refractivity contribution in [2.24, 2.45) is 0 Å². The standard InChI is InChI=1S/C12H15FN6O/c1-20-11-9(13)5-14-12(17-11)19-4-2-3-8(6-19)10-15-7-16-18-10/h5,7-8H,2-4,6H2,1H3,(H,15,16,18)/t8-/m1/s1. The topological polar surface area (TPSA) is 79.8 Å². The van der Waals surface area contributed by atoms with Gasteiger partial charge in [0.2, 0.25) is 11.8 Å². The maximum absolute atomic E-state index is 13.3. The number of ether oxygens (including phenoxy) is 1. The molecule has 7 nitrogen and oxygen atoms in total. The van der Waals surface area contributed by atoms with E-state index < -0.39 is 5.82 Å². The molecule has 3 heterocycles. The molecule has 0 unspecified atom stereocenters. The summed E-state index contributed by atoms with van der Waals surface area (Å²) in [6.07, 6.45) is 4.67. The summed E-state index contributed by atoms with van der Waals surface area (Å²) < 4.78 is 18.2. The van der Waals surface area contributed by atoms with E-state index in [0.29, 0.717) is 5.95 Å². The lowest BCUT2D eigenvalue weighted by atomic mass is 9.98. The second-order valence-corrected chi connectivity index (χ2v) is 4.68. The quantitative estimate of drug-likeness (QED) is 0.906. The van der Waals surface area contributed by atoms with E-state index in [2.05, 4.69) is 25.1 Å². The Morgan fingerprint density at radius 2 is 2.35 bits per heavy atom. The SMILES string of the molecule is COc1nc(N2CCC[C@@H](c3ncn[nH]3)C2)ncc1F. The molecule has 106 valence electrons. The summed E-state index contributed by atoms with van der Waals surface area (Å²) in [5.74, 6) is 1.01. The lowest BCUT2D eigenvalue weighted by Crippen LogP contribution is -2.36. The predicted molar refractivity (Wildman–Crippen MR) is 69.1 cm³/mol. The predicted octanol–water partition coefficient (Wildman–Crippen LogP) is 1.13. The molecule has 1 aliphatic heterocycles. The van der Waals surface area contributed by atoms with Crippen LogP contribution in [0.15, 0.2) is 12.5 Å². The highest BCUT2D eigenvalue weighted by molar-refractivity contribution is 5.34. The van der Waals surface area contributed by atoms with E-state index in [1.165, 1.54) is 13.4 Å². The van der Waals surface area contributed by atoms with Crippen LogP contribution in [0.2, 0.25) is 0 Å². The van der Waals surface area contributed by atoms with Crippen molar-refractivity contribution in [3.8, 4) is 5.88 Å². The van der Waals surface area contributed by atoms with Crippen molar-refractivity contribution in [1.82, 2.24) is 25.1 Å². The van der Waals surface area contributed by atoms with Crippen LogP contribution in [0.25, 0.3) is 0 Å². The number of rotatable bonds is 3. The Morgan fingerprint density at radius 1 is 1.45 bits per heavy atom. The van der Waals surface area contributed by atoms with Gasteiger partial charge in [0.15, 0.2) is 0 Å². The van der Waals surface area contributed by atoms with E-state index in [0.717, 1.165) is 38.0 Å². The molecule has 1 N–H and O–H groups in total. The molecule has 1 fully saturated rings. The van der Waals surface area contributed by atoms with Gasteiger partial charge in [-0.25, -0.2) is 9.97 Å². The summed E-state index contributed by atoms with van der Waals surface area (Å²) in [5.41, 5.74) is 0. The monoisotopic (exact) mass is 278 g/mol. The zero-order valence-electron chi connectivity index (χ0n) is 11.1. The van der Waals surface area contributed by atoms with Crippen LogP contribution in [-0.2, 0) is 0 Å². The highest BCUT2D eigenvalue weighted by atomic mass is 19.1. The molecule has 2 aromatic rings. The molecule has 20 heavy (non-hydrogen) atoms. The lowest BCUT2D eigenvalue weighted by molar-refractivity contribution is 0.366. The number of nitrogens with one attached hydrogen (secondary N) is 1. The summed E-state index contributed by atoms with van der Waals surface area (Å²) in [7, 11) is 1.39. The minimum absolute atomic E-state index is 0.0308. The molecule has 0 aromatic carbocycles. The normalized spacial score (nSPS) is 19.1. The van der Waals surface area contributed by atoms with E-state index in [-0.39, 0.29) is 11.8 Å². The number of aromatic nitrogens is 5. The first-order valence-electron chi connectivity index (χ1n) is 6.44. The molecule has 8 heteroatoms. The second kappa shape index (κ2) is 5.40. The number of hydrogen-bond acceptors (Lipinski definition) is 6. The maximum atomic E-state index is 13.3. The molecule has 3 rings (SSSR count). The van der Waals surface area contributed by atoms with Crippen molar-refractivity contribution in [3.05, 3.63) is 24.2 Å². The summed E-state index contributed by atoms with van der Waals surface area (Å²) in [6, 6.07) is 0. The van der Waals surface area contributed by atoms with E-state index in [1.807, 2.05) is 4.90 Å². The van der Waals surface area contributed by atoms with Gasteiger partial charge >= 0.3 is 0 Å². The minimum Gasteiger partial charge on any atom is -0.479 e. The minimum atomic E-state index is -0.556. The van der Waals surface area contributed by atoms with Crippen molar-refractivity contribution in [2.75, 3.05) is 25.1 Å². The Morgan fingerprint density at radius 3 is 3.10 bits per heavy atom. The average molecular weight is 278 g/mol. The number of aromatic amines is 1. The Labute approximate surface area is 115 Å². The van der Waals surface area contributed by atoms with E-state index in [9.17, 15) is 4.39 Å². The van der Waals surface area contributed by atoms with Crippen LogP contribution in [-0.4, -0.2) is 45.3 Å². The van der Waals surface area contributed by atoms with Gasteiger partial charge in [0.05, 0.1) is 13.3 Å². The van der Waals surface area contributed by atoms with Crippen LogP contribution >= 0.6 is 0 Å². The van der Waals surface area contributed by atoms with Gasteiger partial charge in [-0.3, -0.25) is 5.10 Å². The van der Waals surface area contributed by atoms with Gasteiger partial charge in [-0.1, -0.05) is 0 Å². The number of H-pyrrole nitrogens is 1. The Hall–Kier alpha value is -2.25. The maximum Gasteiger partial charge on any atom is 0.255 e. The molecule has 1 aliphatic rings. The first-order valence-corrected chi connectivity index (χ1v) is 6.44. The van der Waals surface area contributed by atoms with Crippen LogP contribution in [0.5, 0.6) is 5.88 Å². The molecule has 0 amide bonds. The number of methoxy groups -OCH3 is 1. The van der Waals surface area contributed by atoms with Crippen LogP contribution in [0, 0.1) is 5.82 Å². The Balaban J connectivity index is 1.80. The molecule has 0 bridgehead atoms. The first-order chi connectivity index (χ1) is 9.78. The Kier molecular flexibility index (Phi) is 3.44. The fourth-order valence-electron chi connectivity index (χ4n) is 2.43.